The molecule has 0 amide bonds. The van der Waals surface area contributed by atoms with Crippen LogP contribution in [0.4, 0.5) is 5.69 Å². The van der Waals surface area contributed by atoms with Crippen molar-refractivity contribution in [2.75, 3.05) is 5.73 Å². The van der Waals surface area contributed by atoms with Gasteiger partial charge in [0.25, 0.3) is 0 Å². The third-order valence-electron chi connectivity index (χ3n) is 4.89. The molecule has 128 valence electrons. The minimum atomic E-state index is -0.430. The number of benzene rings is 3. The van der Waals surface area contributed by atoms with E-state index in [1.165, 1.54) is 0 Å². The maximum absolute atomic E-state index is 13.3. The Morgan fingerprint density at radius 3 is 2.69 bits per heavy atom. The van der Waals surface area contributed by atoms with Crippen molar-refractivity contribution in [2.45, 2.75) is 19.4 Å². The van der Waals surface area contributed by atoms with Crippen molar-refractivity contribution >= 4 is 44.5 Å². The van der Waals surface area contributed by atoms with Crippen LogP contribution in [0.2, 0.25) is 0 Å². The molecule has 4 aromatic rings. The highest BCUT2D eigenvalue weighted by Gasteiger charge is 2.26. The SMILES string of the molecule is CC1(C)C=Cc2c(cc(N)c3c(=O)c4c(ccc5ccccc54)oc23)O1. The summed E-state index contributed by atoms with van der Waals surface area (Å²) < 4.78 is 12.2. The monoisotopic (exact) mass is 343 g/mol. The zero-order valence-electron chi connectivity index (χ0n) is 14.5. The largest absolute Gasteiger partial charge is 0.483 e. The molecule has 0 bridgehead atoms. The van der Waals surface area contributed by atoms with Crippen LogP contribution in [-0.4, -0.2) is 5.60 Å². The molecule has 0 aliphatic carbocycles. The van der Waals surface area contributed by atoms with Crippen molar-refractivity contribution in [3.8, 4) is 5.75 Å². The fourth-order valence-corrected chi connectivity index (χ4v) is 3.66. The van der Waals surface area contributed by atoms with E-state index in [9.17, 15) is 4.79 Å². The second-order valence-electron chi connectivity index (χ2n) is 7.21. The van der Waals surface area contributed by atoms with E-state index in [-0.39, 0.29) is 5.43 Å². The second-order valence-corrected chi connectivity index (χ2v) is 7.21. The molecule has 2 heterocycles. The van der Waals surface area contributed by atoms with E-state index >= 15 is 0 Å². The van der Waals surface area contributed by atoms with Gasteiger partial charge in [0.05, 0.1) is 22.0 Å². The van der Waals surface area contributed by atoms with Gasteiger partial charge in [-0.3, -0.25) is 4.79 Å². The number of anilines is 1. The van der Waals surface area contributed by atoms with Gasteiger partial charge in [0.15, 0.2) is 5.58 Å². The number of nitrogen functional groups attached to an aromatic ring is 1. The summed E-state index contributed by atoms with van der Waals surface area (Å²) in [4.78, 5) is 13.3. The van der Waals surface area contributed by atoms with E-state index in [1.54, 1.807) is 6.07 Å². The summed E-state index contributed by atoms with van der Waals surface area (Å²) in [5.41, 5.74) is 7.84. The Hall–Kier alpha value is -3.27. The predicted molar refractivity (Wildman–Crippen MR) is 106 cm³/mol. The van der Waals surface area contributed by atoms with Crippen LogP contribution in [-0.2, 0) is 0 Å². The van der Waals surface area contributed by atoms with Crippen LogP contribution in [0, 0.1) is 0 Å². The molecule has 1 aromatic heterocycles. The molecule has 2 N–H and O–H groups in total. The first-order valence-corrected chi connectivity index (χ1v) is 8.54. The molecule has 4 heteroatoms. The average Bonchev–Trinajstić information content (AvgIpc) is 2.60. The fraction of sp³-hybridized carbons (Fsp3) is 0.136. The van der Waals surface area contributed by atoms with Crippen LogP contribution in [0.1, 0.15) is 19.4 Å². The van der Waals surface area contributed by atoms with Crippen LogP contribution in [0.25, 0.3) is 38.8 Å². The number of hydrogen-bond donors (Lipinski definition) is 1. The number of nitrogens with two attached hydrogens (primary N) is 1. The lowest BCUT2D eigenvalue weighted by Gasteiger charge is -2.28. The van der Waals surface area contributed by atoms with E-state index in [2.05, 4.69) is 0 Å². The molecule has 5 rings (SSSR count). The van der Waals surface area contributed by atoms with E-state index in [1.807, 2.05) is 62.4 Å². The summed E-state index contributed by atoms with van der Waals surface area (Å²) in [5.74, 6) is 0.630. The molecule has 0 atom stereocenters. The van der Waals surface area contributed by atoms with Crippen LogP contribution >= 0.6 is 0 Å². The topological polar surface area (TPSA) is 65.5 Å². The van der Waals surface area contributed by atoms with Gasteiger partial charge in [0.1, 0.15) is 16.9 Å². The summed E-state index contributed by atoms with van der Waals surface area (Å²) in [6.07, 6.45) is 3.89. The summed E-state index contributed by atoms with van der Waals surface area (Å²) in [5, 5.41) is 2.82. The minimum absolute atomic E-state index is 0.114. The predicted octanol–water partition coefficient (Wildman–Crippen LogP) is 4.87. The molecule has 1 aliphatic heterocycles. The van der Waals surface area contributed by atoms with Crippen molar-refractivity contribution in [1.29, 1.82) is 0 Å². The van der Waals surface area contributed by atoms with Gasteiger partial charge in [-0.25, -0.2) is 0 Å². The smallest absolute Gasteiger partial charge is 0.203 e. The molecule has 0 unspecified atom stereocenters. The summed E-state index contributed by atoms with van der Waals surface area (Å²) in [6, 6.07) is 13.3. The summed E-state index contributed by atoms with van der Waals surface area (Å²) >= 11 is 0. The number of rotatable bonds is 0. The lowest BCUT2D eigenvalue weighted by Crippen LogP contribution is -2.27. The number of ether oxygens (including phenoxy) is 1. The maximum atomic E-state index is 13.3. The Kier molecular flexibility index (Phi) is 2.82. The van der Waals surface area contributed by atoms with Crippen molar-refractivity contribution in [3.05, 3.63) is 64.3 Å². The van der Waals surface area contributed by atoms with Crippen LogP contribution < -0.4 is 15.9 Å². The Morgan fingerprint density at radius 2 is 1.85 bits per heavy atom. The van der Waals surface area contributed by atoms with E-state index in [0.29, 0.717) is 33.4 Å². The van der Waals surface area contributed by atoms with Gasteiger partial charge >= 0.3 is 0 Å². The van der Waals surface area contributed by atoms with Gasteiger partial charge in [-0.1, -0.05) is 30.3 Å². The molecular formula is C22H17NO3. The third-order valence-corrected chi connectivity index (χ3v) is 4.89. The van der Waals surface area contributed by atoms with Crippen LogP contribution in [0.3, 0.4) is 0 Å². The lowest BCUT2D eigenvalue weighted by atomic mass is 9.98. The standard InChI is InChI=1S/C22H17NO3/c1-22(2)10-9-14-17(26-22)11-15(23)19-20(24)18-13-6-4-3-5-12(13)7-8-16(18)25-21(14)19/h3-11H,23H2,1-2H3. The van der Waals surface area contributed by atoms with Gasteiger partial charge in [-0.2, -0.15) is 0 Å². The fourth-order valence-electron chi connectivity index (χ4n) is 3.66. The molecule has 26 heavy (non-hydrogen) atoms. The van der Waals surface area contributed by atoms with E-state index in [0.717, 1.165) is 16.3 Å². The van der Waals surface area contributed by atoms with Gasteiger partial charge in [-0.05, 0) is 42.8 Å². The van der Waals surface area contributed by atoms with Crippen molar-refractivity contribution in [2.24, 2.45) is 0 Å². The third kappa shape index (κ3) is 1.99. The Morgan fingerprint density at radius 1 is 1.04 bits per heavy atom. The second kappa shape index (κ2) is 4.88. The first-order chi connectivity index (χ1) is 12.4. The van der Waals surface area contributed by atoms with Crippen LogP contribution in [0.5, 0.6) is 5.75 Å². The molecule has 0 fully saturated rings. The Balaban J connectivity index is 1.99. The Bertz CT molecular complexity index is 1310. The normalized spacial score (nSPS) is 15.3. The van der Waals surface area contributed by atoms with Crippen molar-refractivity contribution in [1.82, 2.24) is 0 Å². The highest BCUT2D eigenvalue weighted by Crippen LogP contribution is 2.39. The number of hydrogen-bond acceptors (Lipinski definition) is 4. The van der Waals surface area contributed by atoms with E-state index < -0.39 is 5.60 Å². The zero-order chi connectivity index (χ0) is 18.1. The highest BCUT2D eigenvalue weighted by atomic mass is 16.5. The molecule has 3 aromatic carbocycles. The molecule has 4 nitrogen and oxygen atoms in total. The molecule has 0 saturated heterocycles. The zero-order valence-corrected chi connectivity index (χ0v) is 14.5. The molecule has 0 radical (unpaired) electrons. The van der Waals surface area contributed by atoms with Gasteiger partial charge in [0, 0.05) is 6.07 Å². The first kappa shape index (κ1) is 15.0. The van der Waals surface area contributed by atoms with Crippen LogP contribution in [0.15, 0.2) is 57.8 Å². The van der Waals surface area contributed by atoms with Gasteiger partial charge in [-0.15, -0.1) is 0 Å². The maximum Gasteiger partial charge on any atom is 0.203 e. The lowest BCUT2D eigenvalue weighted by molar-refractivity contribution is 0.159. The molecule has 1 aliphatic rings. The first-order valence-electron chi connectivity index (χ1n) is 8.54. The molecular weight excluding hydrogens is 326 g/mol. The number of fused-ring (bicyclic) bond motifs is 6. The Labute approximate surface area is 149 Å². The van der Waals surface area contributed by atoms with Crippen molar-refractivity contribution < 1.29 is 9.15 Å². The van der Waals surface area contributed by atoms with Gasteiger partial charge < -0.3 is 14.9 Å². The molecule has 0 saturated carbocycles. The van der Waals surface area contributed by atoms with Crippen molar-refractivity contribution in [3.63, 3.8) is 0 Å². The quantitative estimate of drug-likeness (QED) is 0.281. The minimum Gasteiger partial charge on any atom is -0.483 e. The summed E-state index contributed by atoms with van der Waals surface area (Å²) in [6.45, 7) is 3.94. The van der Waals surface area contributed by atoms with E-state index in [4.69, 9.17) is 14.9 Å². The molecule has 0 spiro atoms. The average molecular weight is 343 g/mol. The van der Waals surface area contributed by atoms with Gasteiger partial charge in [0.2, 0.25) is 5.43 Å². The summed E-state index contributed by atoms with van der Waals surface area (Å²) in [7, 11) is 0. The highest BCUT2D eigenvalue weighted by molar-refractivity contribution is 6.10.